The van der Waals surface area contributed by atoms with Crippen LogP contribution in [0.15, 0.2) is 53.6 Å². The maximum atomic E-state index is 12.2. The van der Waals surface area contributed by atoms with Gasteiger partial charge in [-0.05, 0) is 17.7 Å². The molecule has 0 atom stereocenters. The lowest BCUT2D eigenvalue weighted by Crippen LogP contribution is -2.06. The largest absolute Gasteiger partial charge is 0.323 e. The zero-order valence-corrected chi connectivity index (χ0v) is 12.5. The summed E-state index contributed by atoms with van der Waals surface area (Å²) in [5.41, 5.74) is 3.12. The van der Waals surface area contributed by atoms with E-state index in [0.29, 0.717) is 22.5 Å². The van der Waals surface area contributed by atoms with Crippen molar-refractivity contribution in [3.05, 3.63) is 70.2 Å². The minimum Gasteiger partial charge on any atom is -0.323 e. The highest BCUT2D eigenvalue weighted by molar-refractivity contribution is 7.98. The van der Waals surface area contributed by atoms with Crippen molar-refractivity contribution in [1.82, 2.24) is 0 Å². The summed E-state index contributed by atoms with van der Waals surface area (Å²) in [6.07, 6.45) is 0. The Balaban J connectivity index is 2.18. The van der Waals surface area contributed by atoms with Crippen LogP contribution < -0.4 is 5.84 Å². The minimum absolute atomic E-state index is 0.272. The second-order valence-electron chi connectivity index (χ2n) is 4.25. The number of hydrogen-bond acceptors (Lipinski definition) is 3. The van der Waals surface area contributed by atoms with Crippen molar-refractivity contribution in [2.24, 2.45) is 10.9 Å². The number of halogens is 3. The lowest BCUT2D eigenvalue weighted by atomic mass is 10.0. The van der Waals surface area contributed by atoms with E-state index in [1.807, 2.05) is 24.3 Å². The summed E-state index contributed by atoms with van der Waals surface area (Å²) < 4.78 is 24.3. The van der Waals surface area contributed by atoms with Crippen molar-refractivity contribution in [2.75, 3.05) is 0 Å². The van der Waals surface area contributed by atoms with Gasteiger partial charge in [0.15, 0.2) is 0 Å². The number of hydrogen-bond donors (Lipinski definition) is 1. The highest BCUT2D eigenvalue weighted by Gasteiger charge is 2.08. The van der Waals surface area contributed by atoms with Gasteiger partial charge in [-0.15, -0.1) is 0 Å². The Morgan fingerprint density at radius 1 is 1.05 bits per heavy atom. The molecule has 110 valence electrons. The summed E-state index contributed by atoms with van der Waals surface area (Å²) in [7, 11) is 0. The zero-order chi connectivity index (χ0) is 15.2. The molecule has 2 N–H and O–H groups in total. The van der Waals surface area contributed by atoms with Crippen LogP contribution in [0.4, 0.5) is 8.78 Å². The van der Waals surface area contributed by atoms with Crippen LogP contribution in [0.25, 0.3) is 0 Å². The Hall–Kier alpha value is -1.59. The molecule has 0 aromatic heterocycles. The van der Waals surface area contributed by atoms with E-state index in [1.54, 1.807) is 24.3 Å². The number of nitrogens with two attached hydrogens (primary N) is 1. The van der Waals surface area contributed by atoms with Crippen LogP contribution in [0.2, 0.25) is 5.02 Å². The van der Waals surface area contributed by atoms with Crippen LogP contribution in [-0.2, 0) is 5.75 Å². The molecule has 0 saturated heterocycles. The molecule has 6 heteroatoms. The van der Waals surface area contributed by atoms with Crippen LogP contribution in [0, 0.1) is 0 Å². The maximum Gasteiger partial charge on any atom is 0.284 e. The van der Waals surface area contributed by atoms with Crippen molar-refractivity contribution in [3.8, 4) is 0 Å². The average Bonchev–Trinajstić information content (AvgIpc) is 2.49. The fourth-order valence-electron chi connectivity index (χ4n) is 1.84. The van der Waals surface area contributed by atoms with E-state index in [4.69, 9.17) is 17.4 Å². The summed E-state index contributed by atoms with van der Waals surface area (Å²) in [5, 5.41) is 4.44. The van der Waals surface area contributed by atoms with Gasteiger partial charge in [0.05, 0.1) is 5.71 Å². The molecule has 21 heavy (non-hydrogen) atoms. The fourth-order valence-corrected chi connectivity index (χ4v) is 2.48. The third kappa shape index (κ3) is 4.44. The van der Waals surface area contributed by atoms with Crippen molar-refractivity contribution in [1.29, 1.82) is 0 Å². The molecular formula is C15H13ClF2N2S. The molecule has 2 rings (SSSR count). The third-order valence-electron chi connectivity index (χ3n) is 2.85. The molecule has 0 fully saturated rings. The van der Waals surface area contributed by atoms with E-state index in [-0.39, 0.29) is 5.75 Å². The predicted octanol–water partition coefficient (Wildman–Crippen LogP) is 4.51. The molecule has 0 bridgehead atoms. The molecule has 2 aromatic carbocycles. The van der Waals surface area contributed by atoms with Crippen LogP contribution in [0.3, 0.4) is 0 Å². The Labute approximate surface area is 131 Å². The quantitative estimate of drug-likeness (QED) is 0.499. The van der Waals surface area contributed by atoms with E-state index >= 15 is 0 Å². The first-order valence-corrected chi connectivity index (χ1v) is 7.55. The van der Waals surface area contributed by atoms with Gasteiger partial charge in [0.25, 0.3) is 5.76 Å². The average molecular weight is 327 g/mol. The summed E-state index contributed by atoms with van der Waals surface area (Å²) in [6, 6.07) is 14.4. The summed E-state index contributed by atoms with van der Waals surface area (Å²) in [4.78, 5) is 0. The van der Waals surface area contributed by atoms with Crippen LogP contribution in [0.1, 0.15) is 16.7 Å². The fraction of sp³-hybridized carbons (Fsp3) is 0.133. The summed E-state index contributed by atoms with van der Waals surface area (Å²) in [5.74, 6) is 3.37. The van der Waals surface area contributed by atoms with Crippen molar-refractivity contribution >= 4 is 29.1 Å². The molecule has 2 nitrogen and oxygen atoms in total. The van der Waals surface area contributed by atoms with Gasteiger partial charge >= 0.3 is 0 Å². The maximum absolute atomic E-state index is 12.2. The van der Waals surface area contributed by atoms with E-state index in [9.17, 15) is 8.78 Å². The van der Waals surface area contributed by atoms with Crippen molar-refractivity contribution < 1.29 is 8.78 Å². The topological polar surface area (TPSA) is 38.4 Å². The van der Waals surface area contributed by atoms with Crippen molar-refractivity contribution in [2.45, 2.75) is 11.5 Å². The number of benzene rings is 2. The van der Waals surface area contributed by atoms with Crippen molar-refractivity contribution in [3.63, 3.8) is 0 Å². The van der Waals surface area contributed by atoms with Crippen LogP contribution in [0.5, 0.6) is 0 Å². The molecule has 0 spiro atoms. The summed E-state index contributed by atoms with van der Waals surface area (Å²) in [6.45, 7) is 0. The van der Waals surface area contributed by atoms with Gasteiger partial charge in [0.1, 0.15) is 0 Å². The molecule has 0 heterocycles. The lowest BCUT2D eigenvalue weighted by molar-refractivity contribution is 0.252. The minimum atomic E-state index is -2.36. The molecule has 0 amide bonds. The van der Waals surface area contributed by atoms with Gasteiger partial charge in [-0.3, -0.25) is 0 Å². The van der Waals surface area contributed by atoms with Gasteiger partial charge in [-0.2, -0.15) is 13.9 Å². The van der Waals surface area contributed by atoms with Gasteiger partial charge in [-0.25, -0.2) is 0 Å². The van der Waals surface area contributed by atoms with E-state index < -0.39 is 5.76 Å². The molecule has 0 aliphatic carbocycles. The monoisotopic (exact) mass is 326 g/mol. The van der Waals surface area contributed by atoms with Gasteiger partial charge in [0.2, 0.25) is 0 Å². The molecule has 0 unspecified atom stereocenters. The second kappa shape index (κ2) is 7.43. The first kappa shape index (κ1) is 15.8. The van der Waals surface area contributed by atoms with E-state index in [2.05, 4.69) is 5.10 Å². The first-order valence-electron chi connectivity index (χ1n) is 6.13. The normalized spacial score (nSPS) is 11.9. The highest BCUT2D eigenvalue weighted by atomic mass is 35.5. The number of nitrogens with zero attached hydrogens (tertiary/aromatic N) is 1. The zero-order valence-electron chi connectivity index (χ0n) is 11.0. The Bertz CT molecular complexity index is 613. The summed E-state index contributed by atoms with van der Waals surface area (Å²) >= 11 is 6.45. The van der Waals surface area contributed by atoms with E-state index in [1.165, 1.54) is 0 Å². The Morgan fingerprint density at radius 2 is 1.57 bits per heavy atom. The lowest BCUT2D eigenvalue weighted by Gasteiger charge is -2.07. The molecule has 2 aromatic rings. The second-order valence-corrected chi connectivity index (χ2v) is 5.67. The first-order chi connectivity index (χ1) is 10.1. The van der Waals surface area contributed by atoms with Crippen LogP contribution in [-0.4, -0.2) is 11.5 Å². The predicted molar refractivity (Wildman–Crippen MR) is 85.0 cm³/mol. The van der Waals surface area contributed by atoms with Gasteiger partial charge in [0, 0.05) is 21.9 Å². The standard InChI is InChI=1S/C15H13ClF2N2S/c16-13-7-5-12(6-8-13)14(20-19)11-3-1-10(2-4-11)9-21-15(17)18/h1-8,15H,9,19H2. The molecule has 0 aliphatic heterocycles. The Kier molecular flexibility index (Phi) is 5.59. The number of alkyl halides is 2. The van der Waals surface area contributed by atoms with E-state index in [0.717, 1.165) is 16.7 Å². The highest BCUT2D eigenvalue weighted by Crippen LogP contribution is 2.21. The molecule has 0 aliphatic rings. The third-order valence-corrected chi connectivity index (χ3v) is 3.85. The number of rotatable bonds is 5. The molecular weight excluding hydrogens is 314 g/mol. The van der Waals surface area contributed by atoms with Gasteiger partial charge < -0.3 is 5.84 Å². The van der Waals surface area contributed by atoms with Crippen LogP contribution >= 0.6 is 23.4 Å². The number of hydrazone groups is 1. The van der Waals surface area contributed by atoms with Gasteiger partial charge in [-0.1, -0.05) is 59.8 Å². The molecule has 0 radical (unpaired) electrons. The SMILES string of the molecule is NN=C(c1ccc(Cl)cc1)c1ccc(CSC(F)F)cc1. The smallest absolute Gasteiger partial charge is 0.284 e. The molecule has 0 saturated carbocycles. The number of thioether (sulfide) groups is 1. The Morgan fingerprint density at radius 3 is 2.05 bits per heavy atom.